The Morgan fingerprint density at radius 3 is 2.00 bits per heavy atom. The van der Waals surface area contributed by atoms with Gasteiger partial charge in [-0.1, -0.05) is 6.92 Å². The van der Waals surface area contributed by atoms with E-state index in [1.807, 2.05) is 6.92 Å². The summed E-state index contributed by atoms with van der Waals surface area (Å²) < 4.78 is 104. The second-order valence-electron chi connectivity index (χ2n) is 7.01. The van der Waals surface area contributed by atoms with Crippen molar-refractivity contribution in [2.45, 2.75) is 32.0 Å². The van der Waals surface area contributed by atoms with Gasteiger partial charge in [0.25, 0.3) is 0 Å². The number of halogens is 7. The fourth-order valence-electron chi connectivity index (χ4n) is 3.16. The first-order chi connectivity index (χ1) is 14.0. The molecule has 1 aliphatic heterocycles. The molecule has 10 heteroatoms. The fraction of sp³-hybridized carbons (Fsp3) is 0.350. The van der Waals surface area contributed by atoms with Crippen LogP contribution in [0.2, 0.25) is 0 Å². The van der Waals surface area contributed by atoms with Crippen molar-refractivity contribution in [3.05, 3.63) is 64.2 Å². The number of rotatable bonds is 3. The number of carbonyl (C=O) groups is 1. The molecule has 1 saturated heterocycles. The third-order valence-electron chi connectivity index (χ3n) is 4.65. The van der Waals surface area contributed by atoms with Crippen LogP contribution in [-0.4, -0.2) is 12.6 Å². The Labute approximate surface area is 166 Å². The first-order valence-electron chi connectivity index (χ1n) is 8.86. The lowest BCUT2D eigenvalue weighted by Crippen LogP contribution is -2.20. The van der Waals surface area contributed by atoms with E-state index >= 15 is 0 Å². The molecule has 0 amide bonds. The molecule has 1 aliphatic rings. The highest BCUT2D eigenvalue weighted by atomic mass is 19.4. The van der Waals surface area contributed by atoms with Gasteiger partial charge in [0.2, 0.25) is 0 Å². The number of esters is 1. The third-order valence-corrected chi connectivity index (χ3v) is 4.65. The molecule has 0 N–H and O–H groups in total. The molecule has 3 rings (SSSR count). The smallest absolute Gasteiger partial charge is 0.422 e. The van der Waals surface area contributed by atoms with Gasteiger partial charge in [-0.15, -0.1) is 0 Å². The summed E-state index contributed by atoms with van der Waals surface area (Å²) in [6, 6.07) is 1.97. The number of benzene rings is 2. The molecule has 162 valence electrons. The maximum atomic E-state index is 14.4. The second-order valence-corrected chi connectivity index (χ2v) is 7.01. The van der Waals surface area contributed by atoms with Crippen LogP contribution in [0.5, 0.6) is 5.75 Å². The lowest BCUT2D eigenvalue weighted by molar-refractivity contribution is -0.142. The van der Waals surface area contributed by atoms with E-state index in [0.29, 0.717) is 18.9 Å². The summed E-state index contributed by atoms with van der Waals surface area (Å²) in [7, 11) is 0. The largest absolute Gasteiger partial charge is 0.423 e. The Bertz CT molecular complexity index is 917. The SMILES string of the molecule is CC1CCC(c2cc(F)c(C(=O)Oc3cc(F)c(C(F)(F)F)c(F)c3)c(F)c2)OC1. The van der Waals surface area contributed by atoms with E-state index in [1.165, 1.54) is 0 Å². The molecule has 3 nitrogen and oxygen atoms in total. The summed E-state index contributed by atoms with van der Waals surface area (Å²) in [5, 5.41) is 0. The van der Waals surface area contributed by atoms with Crippen molar-refractivity contribution >= 4 is 5.97 Å². The highest BCUT2D eigenvalue weighted by Gasteiger charge is 2.38. The van der Waals surface area contributed by atoms with E-state index in [4.69, 9.17) is 4.74 Å². The molecule has 0 aliphatic carbocycles. The first kappa shape index (κ1) is 22.1. The molecule has 2 aromatic carbocycles. The molecule has 0 aromatic heterocycles. The van der Waals surface area contributed by atoms with Crippen molar-refractivity contribution in [1.29, 1.82) is 0 Å². The highest BCUT2D eigenvalue weighted by Crippen LogP contribution is 2.36. The first-order valence-corrected chi connectivity index (χ1v) is 8.86. The fourth-order valence-corrected chi connectivity index (χ4v) is 3.16. The van der Waals surface area contributed by atoms with Gasteiger partial charge < -0.3 is 9.47 Å². The van der Waals surface area contributed by atoms with E-state index in [1.54, 1.807) is 0 Å². The van der Waals surface area contributed by atoms with Crippen molar-refractivity contribution in [3.8, 4) is 5.75 Å². The van der Waals surface area contributed by atoms with Gasteiger partial charge in [0.05, 0.1) is 6.10 Å². The zero-order valence-corrected chi connectivity index (χ0v) is 15.5. The molecule has 2 atom stereocenters. The Kier molecular flexibility index (Phi) is 6.07. The average molecular weight is 436 g/mol. The minimum Gasteiger partial charge on any atom is -0.423 e. The average Bonchev–Trinajstić information content (AvgIpc) is 2.59. The molecule has 30 heavy (non-hydrogen) atoms. The maximum absolute atomic E-state index is 14.4. The molecule has 0 bridgehead atoms. The van der Waals surface area contributed by atoms with Crippen LogP contribution in [0.3, 0.4) is 0 Å². The van der Waals surface area contributed by atoms with Crippen LogP contribution in [0.25, 0.3) is 0 Å². The number of hydrogen-bond donors (Lipinski definition) is 0. The van der Waals surface area contributed by atoms with Crippen LogP contribution in [0.15, 0.2) is 24.3 Å². The third kappa shape index (κ3) is 4.58. The van der Waals surface area contributed by atoms with Crippen molar-refractivity contribution in [2.24, 2.45) is 5.92 Å². The lowest BCUT2D eigenvalue weighted by atomic mass is 9.95. The molecule has 2 unspecified atom stereocenters. The predicted molar refractivity (Wildman–Crippen MR) is 89.8 cm³/mol. The number of carbonyl (C=O) groups excluding carboxylic acids is 1. The molecule has 0 saturated carbocycles. The summed E-state index contributed by atoms with van der Waals surface area (Å²) in [6.07, 6.45) is -4.58. The number of alkyl halides is 3. The Balaban J connectivity index is 1.84. The summed E-state index contributed by atoms with van der Waals surface area (Å²) >= 11 is 0. The summed E-state index contributed by atoms with van der Waals surface area (Å²) in [6.45, 7) is 2.37. The maximum Gasteiger partial charge on any atom is 0.422 e. The van der Waals surface area contributed by atoms with Crippen LogP contribution >= 0.6 is 0 Å². The monoisotopic (exact) mass is 436 g/mol. The van der Waals surface area contributed by atoms with E-state index in [-0.39, 0.29) is 17.7 Å². The highest BCUT2D eigenvalue weighted by molar-refractivity contribution is 5.91. The zero-order valence-electron chi connectivity index (χ0n) is 15.5. The van der Waals surface area contributed by atoms with Gasteiger partial charge in [0, 0.05) is 18.7 Å². The van der Waals surface area contributed by atoms with Crippen molar-refractivity contribution < 1.29 is 45.0 Å². The van der Waals surface area contributed by atoms with E-state index in [0.717, 1.165) is 18.6 Å². The molecule has 2 aromatic rings. The van der Waals surface area contributed by atoms with E-state index in [2.05, 4.69) is 4.74 Å². The van der Waals surface area contributed by atoms with Gasteiger partial charge in [0.15, 0.2) is 0 Å². The van der Waals surface area contributed by atoms with Gasteiger partial charge in [-0.05, 0) is 36.5 Å². The predicted octanol–water partition coefficient (Wildman–Crippen LogP) is 5.97. The van der Waals surface area contributed by atoms with E-state index < -0.39 is 58.4 Å². The topological polar surface area (TPSA) is 35.5 Å². The Hall–Kier alpha value is -2.62. The standard InChI is InChI=1S/C20H15F7O3/c1-9-2-3-16(29-8-9)10-4-12(21)17(13(22)5-10)19(28)30-11-6-14(23)18(15(24)7-11)20(25,26)27/h4-7,9,16H,2-3,8H2,1H3. The second kappa shape index (κ2) is 8.25. The molecular weight excluding hydrogens is 421 g/mol. The zero-order chi connectivity index (χ0) is 22.2. The number of hydrogen-bond acceptors (Lipinski definition) is 3. The van der Waals surface area contributed by atoms with Crippen LogP contribution in [-0.2, 0) is 10.9 Å². The van der Waals surface area contributed by atoms with Crippen molar-refractivity contribution in [1.82, 2.24) is 0 Å². The molecule has 0 spiro atoms. The van der Waals surface area contributed by atoms with Gasteiger partial charge >= 0.3 is 12.1 Å². The van der Waals surface area contributed by atoms with Gasteiger partial charge in [0.1, 0.15) is 40.1 Å². The molecular formula is C20H15F7O3. The lowest BCUT2D eigenvalue weighted by Gasteiger charge is -2.27. The van der Waals surface area contributed by atoms with Crippen LogP contribution in [0.1, 0.15) is 47.4 Å². The van der Waals surface area contributed by atoms with Crippen LogP contribution in [0.4, 0.5) is 30.7 Å². The quantitative estimate of drug-likeness (QED) is 0.338. The minimum atomic E-state index is -5.32. The summed E-state index contributed by atoms with van der Waals surface area (Å²) in [5.41, 5.74) is -3.16. The van der Waals surface area contributed by atoms with Crippen molar-refractivity contribution in [2.75, 3.05) is 6.61 Å². The molecule has 1 heterocycles. The molecule has 0 radical (unpaired) electrons. The van der Waals surface area contributed by atoms with Crippen LogP contribution in [0, 0.1) is 29.2 Å². The molecule has 1 fully saturated rings. The van der Waals surface area contributed by atoms with Gasteiger partial charge in [-0.3, -0.25) is 0 Å². The van der Waals surface area contributed by atoms with E-state index in [9.17, 15) is 35.5 Å². The minimum absolute atomic E-state index is 0.102. The van der Waals surface area contributed by atoms with Gasteiger partial charge in [-0.25, -0.2) is 22.4 Å². The number of ether oxygens (including phenoxy) is 2. The van der Waals surface area contributed by atoms with Crippen LogP contribution < -0.4 is 4.74 Å². The van der Waals surface area contributed by atoms with Gasteiger partial charge in [-0.2, -0.15) is 13.2 Å². The summed E-state index contributed by atoms with van der Waals surface area (Å²) in [4.78, 5) is 12.1. The Morgan fingerprint density at radius 1 is 0.967 bits per heavy atom. The Morgan fingerprint density at radius 2 is 1.53 bits per heavy atom. The normalized spacial score (nSPS) is 19.6. The van der Waals surface area contributed by atoms with Crippen molar-refractivity contribution in [3.63, 3.8) is 0 Å². The summed E-state index contributed by atoms with van der Waals surface area (Å²) in [5.74, 6) is -9.01.